The summed E-state index contributed by atoms with van der Waals surface area (Å²) < 4.78 is 0. The molecule has 2 nitrogen and oxygen atoms in total. The van der Waals surface area contributed by atoms with Crippen molar-refractivity contribution < 1.29 is 0 Å². The minimum Gasteiger partial charge on any atom is -0.240 e. The number of fused-ring (bicyclic) bond motifs is 7. The van der Waals surface area contributed by atoms with E-state index in [0.717, 1.165) is 10.0 Å². The Labute approximate surface area is 267 Å². The van der Waals surface area contributed by atoms with Crippen LogP contribution in [0.1, 0.15) is 55.2 Å². The third-order valence-corrected chi connectivity index (χ3v) is 13.3. The molecule has 0 bridgehead atoms. The van der Waals surface area contributed by atoms with Crippen molar-refractivity contribution in [2.45, 2.75) is 31.1 Å². The van der Waals surface area contributed by atoms with Crippen LogP contribution in [0.3, 0.4) is 0 Å². The first-order valence-corrected chi connectivity index (χ1v) is 17.9. The highest BCUT2D eigenvalue weighted by molar-refractivity contribution is 7.21. The Kier molecular flexibility index (Phi) is 5.79. The highest BCUT2D eigenvalue weighted by atomic mass is 32.1. The molecule has 3 aromatic carbocycles. The van der Waals surface area contributed by atoms with E-state index in [0.29, 0.717) is 0 Å². The Hall–Kier alpha value is -3.68. The van der Waals surface area contributed by atoms with Crippen LogP contribution in [0.5, 0.6) is 0 Å². The van der Waals surface area contributed by atoms with Gasteiger partial charge in [-0.1, -0.05) is 84.9 Å². The molecule has 0 radical (unpaired) electrons. The van der Waals surface area contributed by atoms with E-state index in [-0.39, 0.29) is 17.3 Å². The number of hydrogen-bond donors (Lipinski definition) is 0. The lowest BCUT2D eigenvalue weighted by molar-refractivity contribution is 0.481. The molecule has 2 atom stereocenters. The lowest BCUT2D eigenvalue weighted by Crippen LogP contribution is -2.32. The van der Waals surface area contributed by atoms with Crippen molar-refractivity contribution in [1.82, 2.24) is 9.97 Å². The number of hydrogen-bond acceptors (Lipinski definition) is 6. The van der Waals surface area contributed by atoms with Gasteiger partial charge in [0.1, 0.15) is 10.0 Å². The first kappa shape index (κ1) is 25.8. The second-order valence-electron chi connectivity index (χ2n) is 11.3. The molecule has 0 N–H and O–H groups in total. The minimum absolute atomic E-state index is 0.0761. The number of benzene rings is 3. The Morgan fingerprint density at radius 3 is 1.67 bits per heavy atom. The maximum atomic E-state index is 5.55. The quantitative estimate of drug-likeness (QED) is 0.194. The first-order valence-electron chi connectivity index (χ1n) is 14.5. The number of nitrogens with zero attached hydrogens (tertiary/aromatic N) is 2. The van der Waals surface area contributed by atoms with Crippen LogP contribution in [-0.4, -0.2) is 9.97 Å². The highest BCUT2D eigenvalue weighted by Gasteiger charge is 2.61. The second-order valence-corrected chi connectivity index (χ2v) is 15.6. The van der Waals surface area contributed by atoms with Crippen molar-refractivity contribution in [1.29, 1.82) is 0 Å². The van der Waals surface area contributed by atoms with Crippen LogP contribution in [0.15, 0.2) is 108 Å². The summed E-state index contributed by atoms with van der Waals surface area (Å²) in [5, 5.41) is 6.75. The molecule has 7 aromatic rings. The molecule has 2 unspecified atom stereocenters. The van der Waals surface area contributed by atoms with Crippen LogP contribution in [-0.2, 0) is 5.41 Å². The summed E-state index contributed by atoms with van der Waals surface area (Å²) in [4.78, 5) is 16.4. The van der Waals surface area contributed by atoms with Crippen LogP contribution in [0.25, 0.3) is 30.9 Å². The van der Waals surface area contributed by atoms with E-state index in [9.17, 15) is 0 Å². The lowest BCUT2D eigenvalue weighted by atomic mass is 9.65. The number of aromatic nitrogens is 2. The number of thiazole rings is 2. The van der Waals surface area contributed by atoms with E-state index in [1.807, 2.05) is 45.3 Å². The molecule has 0 amide bonds. The standard InChI is InChI=1S/C37H26N2S4/c1-21-31(38-35(42-21)23-11-5-3-6-12-23)29-25-15-9-10-16-26(25)37(27-17-19-40-33(27)34-28(37)18-20-41-34)30(29)32-22(2)43-36(39-32)24-13-7-4-8-14-24/h3-20,29-30H,1-2H3. The van der Waals surface area contributed by atoms with E-state index in [4.69, 9.17) is 9.97 Å². The molecular formula is C37H26N2S4. The fraction of sp³-hybridized carbons (Fsp3) is 0.135. The van der Waals surface area contributed by atoms with Crippen LogP contribution in [0.2, 0.25) is 0 Å². The van der Waals surface area contributed by atoms with Gasteiger partial charge in [-0.2, -0.15) is 0 Å². The number of rotatable bonds is 4. The summed E-state index contributed by atoms with van der Waals surface area (Å²) in [6.45, 7) is 4.53. The lowest BCUT2D eigenvalue weighted by Gasteiger charge is -2.36. The van der Waals surface area contributed by atoms with Gasteiger partial charge in [0.25, 0.3) is 0 Å². The molecule has 2 aliphatic carbocycles. The van der Waals surface area contributed by atoms with E-state index in [1.165, 1.54) is 64.3 Å². The van der Waals surface area contributed by atoms with Crippen molar-refractivity contribution in [3.8, 4) is 30.9 Å². The smallest absolute Gasteiger partial charge is 0.123 e. The number of thiophene rings is 2. The van der Waals surface area contributed by atoms with Crippen molar-refractivity contribution in [2.24, 2.45) is 0 Å². The van der Waals surface area contributed by atoms with Crippen LogP contribution < -0.4 is 0 Å². The average molecular weight is 627 g/mol. The zero-order valence-electron chi connectivity index (χ0n) is 23.6. The molecule has 0 saturated heterocycles. The third-order valence-electron chi connectivity index (χ3n) is 9.20. The second kappa shape index (κ2) is 9.66. The molecule has 9 rings (SSSR count). The van der Waals surface area contributed by atoms with Gasteiger partial charge in [0.05, 0.1) is 16.8 Å². The van der Waals surface area contributed by atoms with Crippen LogP contribution >= 0.6 is 45.3 Å². The molecule has 0 fully saturated rings. The molecule has 43 heavy (non-hydrogen) atoms. The fourth-order valence-corrected chi connectivity index (χ4v) is 11.6. The van der Waals surface area contributed by atoms with E-state index in [2.05, 4.69) is 122 Å². The normalized spacial score (nSPS) is 17.7. The Morgan fingerprint density at radius 2 is 1.07 bits per heavy atom. The topological polar surface area (TPSA) is 25.8 Å². The average Bonchev–Trinajstić information content (AvgIpc) is 3.88. The SMILES string of the molecule is Cc1sc(-c2ccccc2)nc1C1c2ccccc2C2(c3ccsc3-c3sccc32)C1c1nc(-c2ccccc2)sc1C. The Bertz CT molecular complexity index is 2090. The van der Waals surface area contributed by atoms with Gasteiger partial charge in [-0.05, 0) is 59.0 Å². The molecule has 4 aromatic heterocycles. The van der Waals surface area contributed by atoms with Crippen molar-refractivity contribution in [2.75, 3.05) is 0 Å². The maximum absolute atomic E-state index is 5.55. The van der Waals surface area contributed by atoms with Gasteiger partial charge < -0.3 is 0 Å². The molecule has 2 aliphatic rings. The van der Waals surface area contributed by atoms with Crippen molar-refractivity contribution in [3.05, 3.63) is 151 Å². The molecular weight excluding hydrogens is 601 g/mol. The fourth-order valence-electron chi connectivity index (χ4n) is 7.56. The van der Waals surface area contributed by atoms with Gasteiger partial charge in [0.2, 0.25) is 0 Å². The summed E-state index contributed by atoms with van der Waals surface area (Å²) in [6.07, 6.45) is 0. The van der Waals surface area contributed by atoms with Crippen molar-refractivity contribution >= 4 is 45.3 Å². The van der Waals surface area contributed by atoms with Gasteiger partial charge in [0, 0.05) is 42.5 Å². The zero-order chi connectivity index (χ0) is 28.7. The van der Waals surface area contributed by atoms with E-state index in [1.54, 1.807) is 0 Å². The summed E-state index contributed by atoms with van der Waals surface area (Å²) in [6, 6.07) is 35.2. The predicted molar refractivity (Wildman–Crippen MR) is 183 cm³/mol. The minimum atomic E-state index is -0.318. The van der Waals surface area contributed by atoms with Crippen LogP contribution in [0, 0.1) is 13.8 Å². The maximum Gasteiger partial charge on any atom is 0.123 e. The van der Waals surface area contributed by atoms with Gasteiger partial charge in [-0.3, -0.25) is 0 Å². The molecule has 4 heterocycles. The molecule has 208 valence electrons. The summed E-state index contributed by atoms with van der Waals surface area (Å²) in [7, 11) is 0. The van der Waals surface area contributed by atoms with E-state index >= 15 is 0 Å². The summed E-state index contributed by atoms with van der Waals surface area (Å²) in [5.41, 5.74) is 10.1. The van der Waals surface area contributed by atoms with Gasteiger partial charge in [0.15, 0.2) is 0 Å². The Balaban J connectivity index is 1.36. The third kappa shape index (κ3) is 3.55. The highest BCUT2D eigenvalue weighted by Crippen LogP contribution is 2.70. The van der Waals surface area contributed by atoms with Gasteiger partial charge in [-0.25, -0.2) is 9.97 Å². The molecule has 0 saturated carbocycles. The van der Waals surface area contributed by atoms with E-state index < -0.39 is 0 Å². The largest absolute Gasteiger partial charge is 0.240 e. The predicted octanol–water partition coefficient (Wildman–Crippen LogP) is 10.9. The number of aryl methyl sites for hydroxylation is 2. The first-order chi connectivity index (χ1) is 21.2. The van der Waals surface area contributed by atoms with Gasteiger partial charge >= 0.3 is 0 Å². The van der Waals surface area contributed by atoms with Gasteiger partial charge in [-0.15, -0.1) is 45.3 Å². The van der Waals surface area contributed by atoms with Crippen molar-refractivity contribution in [3.63, 3.8) is 0 Å². The molecule has 1 spiro atoms. The monoisotopic (exact) mass is 626 g/mol. The summed E-state index contributed by atoms with van der Waals surface area (Å²) in [5.74, 6) is 0.153. The molecule has 0 aliphatic heterocycles. The zero-order valence-corrected chi connectivity index (χ0v) is 26.8. The van der Waals surface area contributed by atoms with Crippen LogP contribution in [0.4, 0.5) is 0 Å². The molecule has 6 heteroatoms. The Morgan fingerprint density at radius 1 is 0.558 bits per heavy atom. The summed E-state index contributed by atoms with van der Waals surface area (Å²) >= 11 is 7.39.